The molecule has 0 atom stereocenters. The van der Waals surface area contributed by atoms with Crippen molar-refractivity contribution in [3.05, 3.63) is 64.8 Å². The zero-order chi connectivity index (χ0) is 16.9. The molecular weight excluding hydrogens is 368 g/mol. The Hall–Kier alpha value is -2.60. The van der Waals surface area contributed by atoms with Crippen molar-refractivity contribution >= 4 is 39.1 Å². The van der Waals surface area contributed by atoms with Gasteiger partial charge in [-0.1, -0.05) is 22.0 Å². The Labute approximate surface area is 149 Å². The number of nitrogens with one attached hydrogen (secondary N) is 2. The fourth-order valence-electron chi connectivity index (χ4n) is 2.21. The van der Waals surface area contributed by atoms with E-state index in [-0.39, 0.29) is 0 Å². The van der Waals surface area contributed by atoms with Crippen LogP contribution < -0.4 is 15.4 Å². The van der Waals surface area contributed by atoms with E-state index in [1.807, 2.05) is 55.5 Å². The topological polar surface area (TPSA) is 59.1 Å². The van der Waals surface area contributed by atoms with Crippen LogP contribution in [0.25, 0.3) is 0 Å². The lowest BCUT2D eigenvalue weighted by atomic mass is 10.2. The Morgan fingerprint density at radius 2 is 1.79 bits per heavy atom. The van der Waals surface area contributed by atoms with Gasteiger partial charge in [0.2, 0.25) is 5.95 Å². The molecule has 0 aliphatic heterocycles. The average molecular weight is 385 g/mol. The molecule has 1 heterocycles. The first-order chi connectivity index (χ1) is 11.6. The fraction of sp³-hybridized carbons (Fsp3) is 0.111. The summed E-state index contributed by atoms with van der Waals surface area (Å²) in [5.41, 5.74) is 2.91. The largest absolute Gasteiger partial charge is 0.495 e. The summed E-state index contributed by atoms with van der Waals surface area (Å²) in [6.07, 6.45) is 1.71. The Morgan fingerprint density at radius 1 is 1.00 bits per heavy atom. The molecule has 0 bridgehead atoms. The molecule has 6 heteroatoms. The SMILES string of the molecule is COc1ccc(C)cc1Nc1nccc(Nc2ccc(Br)cc2)n1. The van der Waals surface area contributed by atoms with E-state index in [1.54, 1.807) is 13.3 Å². The van der Waals surface area contributed by atoms with Crippen LogP contribution in [0.15, 0.2) is 59.2 Å². The third-order valence-corrected chi connectivity index (χ3v) is 3.90. The summed E-state index contributed by atoms with van der Waals surface area (Å²) < 4.78 is 6.40. The van der Waals surface area contributed by atoms with Crippen molar-refractivity contribution in [1.82, 2.24) is 9.97 Å². The molecule has 1 aromatic heterocycles. The number of ether oxygens (including phenoxy) is 1. The normalized spacial score (nSPS) is 10.3. The van der Waals surface area contributed by atoms with Crippen LogP contribution in [0.4, 0.5) is 23.1 Å². The monoisotopic (exact) mass is 384 g/mol. The van der Waals surface area contributed by atoms with E-state index in [1.165, 1.54) is 0 Å². The number of halogens is 1. The summed E-state index contributed by atoms with van der Waals surface area (Å²) >= 11 is 3.42. The minimum absolute atomic E-state index is 0.501. The molecule has 0 saturated heterocycles. The minimum atomic E-state index is 0.501. The van der Waals surface area contributed by atoms with Crippen LogP contribution in [0.2, 0.25) is 0 Å². The van der Waals surface area contributed by atoms with E-state index in [0.29, 0.717) is 11.8 Å². The van der Waals surface area contributed by atoms with Crippen LogP contribution in [-0.2, 0) is 0 Å². The number of anilines is 4. The van der Waals surface area contributed by atoms with Crippen molar-refractivity contribution in [3.63, 3.8) is 0 Å². The van der Waals surface area contributed by atoms with Crippen molar-refractivity contribution in [1.29, 1.82) is 0 Å². The van der Waals surface area contributed by atoms with Crippen LogP contribution in [0.5, 0.6) is 5.75 Å². The lowest BCUT2D eigenvalue weighted by molar-refractivity contribution is 0.416. The van der Waals surface area contributed by atoms with Crippen LogP contribution in [-0.4, -0.2) is 17.1 Å². The number of hydrogen-bond acceptors (Lipinski definition) is 5. The first kappa shape index (κ1) is 16.3. The Kier molecular flexibility index (Phi) is 4.96. The van der Waals surface area contributed by atoms with Crippen molar-refractivity contribution in [2.45, 2.75) is 6.92 Å². The summed E-state index contributed by atoms with van der Waals surface area (Å²) in [4.78, 5) is 8.76. The van der Waals surface area contributed by atoms with E-state index >= 15 is 0 Å². The van der Waals surface area contributed by atoms with Crippen LogP contribution >= 0.6 is 15.9 Å². The van der Waals surface area contributed by atoms with E-state index in [0.717, 1.165) is 27.2 Å². The molecule has 0 aliphatic carbocycles. The van der Waals surface area contributed by atoms with Gasteiger partial charge < -0.3 is 15.4 Å². The molecular formula is C18H17BrN4O. The molecule has 3 aromatic rings. The molecule has 3 rings (SSSR count). The van der Waals surface area contributed by atoms with Gasteiger partial charge in [0.1, 0.15) is 11.6 Å². The van der Waals surface area contributed by atoms with Gasteiger partial charge in [-0.3, -0.25) is 0 Å². The van der Waals surface area contributed by atoms with Gasteiger partial charge in [-0.25, -0.2) is 4.98 Å². The molecule has 0 radical (unpaired) electrons. The van der Waals surface area contributed by atoms with Gasteiger partial charge >= 0.3 is 0 Å². The Bertz CT molecular complexity index is 837. The van der Waals surface area contributed by atoms with Gasteiger partial charge in [-0.15, -0.1) is 0 Å². The number of hydrogen-bond donors (Lipinski definition) is 2. The molecule has 24 heavy (non-hydrogen) atoms. The van der Waals surface area contributed by atoms with Crippen LogP contribution in [0, 0.1) is 6.92 Å². The molecule has 0 amide bonds. The average Bonchev–Trinajstić information content (AvgIpc) is 2.58. The van der Waals surface area contributed by atoms with Crippen molar-refractivity contribution in [2.24, 2.45) is 0 Å². The Morgan fingerprint density at radius 3 is 2.54 bits per heavy atom. The van der Waals surface area contributed by atoms with E-state index in [4.69, 9.17) is 4.74 Å². The van der Waals surface area contributed by atoms with Gasteiger partial charge in [0.15, 0.2) is 0 Å². The third kappa shape index (κ3) is 4.02. The first-order valence-corrected chi connectivity index (χ1v) is 8.20. The predicted octanol–water partition coefficient (Wildman–Crippen LogP) is 5.04. The predicted molar refractivity (Wildman–Crippen MR) is 100 cm³/mol. The second-order valence-corrected chi connectivity index (χ2v) is 6.14. The van der Waals surface area contributed by atoms with Crippen LogP contribution in [0.1, 0.15) is 5.56 Å². The van der Waals surface area contributed by atoms with Gasteiger partial charge in [-0.05, 0) is 55.0 Å². The van der Waals surface area contributed by atoms with E-state index in [9.17, 15) is 0 Å². The zero-order valence-corrected chi connectivity index (χ0v) is 15.0. The molecule has 2 N–H and O–H groups in total. The molecule has 122 valence electrons. The second kappa shape index (κ2) is 7.31. The van der Waals surface area contributed by atoms with Crippen molar-refractivity contribution in [2.75, 3.05) is 17.7 Å². The van der Waals surface area contributed by atoms with Gasteiger partial charge in [0, 0.05) is 16.4 Å². The second-order valence-electron chi connectivity index (χ2n) is 5.23. The standard InChI is InChI=1S/C18H17BrN4O/c1-12-3-8-16(24-2)15(11-12)22-18-20-10-9-17(23-18)21-14-6-4-13(19)5-7-14/h3-11H,1-2H3,(H2,20,21,22,23). The van der Waals surface area contributed by atoms with Gasteiger partial charge in [-0.2, -0.15) is 4.98 Å². The van der Waals surface area contributed by atoms with Crippen molar-refractivity contribution < 1.29 is 4.74 Å². The summed E-state index contributed by atoms with van der Waals surface area (Å²) in [5, 5.41) is 6.46. The highest BCUT2D eigenvalue weighted by atomic mass is 79.9. The quantitative estimate of drug-likeness (QED) is 0.644. The molecule has 0 aliphatic rings. The lowest BCUT2D eigenvalue weighted by Gasteiger charge is -2.12. The number of methoxy groups -OCH3 is 1. The smallest absolute Gasteiger partial charge is 0.229 e. The fourth-order valence-corrected chi connectivity index (χ4v) is 2.47. The number of benzene rings is 2. The maximum absolute atomic E-state index is 5.37. The highest BCUT2D eigenvalue weighted by Crippen LogP contribution is 2.27. The summed E-state index contributed by atoms with van der Waals surface area (Å²) in [6, 6.07) is 15.6. The molecule has 0 fully saturated rings. The zero-order valence-electron chi connectivity index (χ0n) is 13.4. The Balaban J connectivity index is 1.80. The van der Waals surface area contributed by atoms with Gasteiger partial charge in [0.25, 0.3) is 0 Å². The number of aromatic nitrogens is 2. The lowest BCUT2D eigenvalue weighted by Crippen LogP contribution is -2.01. The minimum Gasteiger partial charge on any atom is -0.495 e. The molecule has 5 nitrogen and oxygen atoms in total. The number of aryl methyl sites for hydroxylation is 1. The highest BCUT2D eigenvalue weighted by molar-refractivity contribution is 9.10. The molecule has 0 saturated carbocycles. The summed E-state index contributed by atoms with van der Waals surface area (Å²) in [6.45, 7) is 2.02. The number of nitrogens with zero attached hydrogens (tertiary/aromatic N) is 2. The maximum Gasteiger partial charge on any atom is 0.229 e. The molecule has 0 unspecified atom stereocenters. The highest BCUT2D eigenvalue weighted by Gasteiger charge is 2.06. The molecule has 0 spiro atoms. The van der Waals surface area contributed by atoms with E-state index < -0.39 is 0 Å². The van der Waals surface area contributed by atoms with Gasteiger partial charge in [0.05, 0.1) is 12.8 Å². The molecule has 2 aromatic carbocycles. The number of rotatable bonds is 5. The van der Waals surface area contributed by atoms with Crippen molar-refractivity contribution in [3.8, 4) is 5.75 Å². The third-order valence-electron chi connectivity index (χ3n) is 3.37. The van der Waals surface area contributed by atoms with Crippen LogP contribution in [0.3, 0.4) is 0 Å². The summed E-state index contributed by atoms with van der Waals surface area (Å²) in [5.74, 6) is 1.96. The summed E-state index contributed by atoms with van der Waals surface area (Å²) in [7, 11) is 1.64. The maximum atomic E-state index is 5.37. The van der Waals surface area contributed by atoms with E-state index in [2.05, 4.69) is 36.5 Å². The first-order valence-electron chi connectivity index (χ1n) is 7.41.